The van der Waals surface area contributed by atoms with Gasteiger partial charge in [0.2, 0.25) is 5.91 Å². The van der Waals surface area contributed by atoms with E-state index in [4.69, 9.17) is 4.74 Å². The van der Waals surface area contributed by atoms with Gasteiger partial charge in [-0.1, -0.05) is 6.42 Å². The van der Waals surface area contributed by atoms with E-state index >= 15 is 0 Å². The topological polar surface area (TPSA) is 75.7 Å². The number of rotatable bonds is 8. The third-order valence-electron chi connectivity index (χ3n) is 6.21. The average Bonchev–Trinajstić information content (AvgIpc) is 3.36. The molecule has 0 heterocycles. The molecule has 8 heteroatoms. The number of hydrogen-bond acceptors (Lipinski definition) is 4. The second kappa shape index (κ2) is 8.86. The molecule has 6 nitrogen and oxygen atoms in total. The van der Waals surface area contributed by atoms with Gasteiger partial charge in [-0.15, -0.1) is 0 Å². The molecule has 2 bridgehead atoms. The van der Waals surface area contributed by atoms with Crippen LogP contribution in [0.5, 0.6) is 5.75 Å². The Morgan fingerprint density at radius 3 is 2.39 bits per heavy atom. The third kappa shape index (κ3) is 4.69. The maximum absolute atomic E-state index is 13.3. The number of carbonyl (C=O) groups is 1. The van der Waals surface area contributed by atoms with Crippen molar-refractivity contribution < 1.29 is 22.3 Å². The van der Waals surface area contributed by atoms with Gasteiger partial charge in [0.25, 0.3) is 10.0 Å². The Hall–Kier alpha value is -2.61. The van der Waals surface area contributed by atoms with Gasteiger partial charge < -0.3 is 10.1 Å². The van der Waals surface area contributed by atoms with Crippen LogP contribution in [0.4, 0.5) is 10.1 Å². The van der Waals surface area contributed by atoms with Crippen molar-refractivity contribution >= 4 is 21.6 Å². The molecule has 2 aromatic carbocycles. The average molecular weight is 447 g/mol. The van der Waals surface area contributed by atoms with Crippen LogP contribution < -0.4 is 14.4 Å². The molecule has 2 fully saturated rings. The van der Waals surface area contributed by atoms with Gasteiger partial charge in [0.05, 0.1) is 17.2 Å². The zero-order valence-electron chi connectivity index (χ0n) is 17.5. The summed E-state index contributed by atoms with van der Waals surface area (Å²) >= 11 is 0. The van der Waals surface area contributed by atoms with Crippen molar-refractivity contribution in [3.63, 3.8) is 0 Å². The molecule has 0 saturated heterocycles. The molecular weight excluding hydrogens is 419 g/mol. The summed E-state index contributed by atoms with van der Waals surface area (Å²) in [7, 11) is -4.07. The van der Waals surface area contributed by atoms with Crippen LogP contribution in [0, 0.1) is 17.7 Å². The number of halogens is 1. The molecule has 31 heavy (non-hydrogen) atoms. The maximum atomic E-state index is 13.3. The van der Waals surface area contributed by atoms with Gasteiger partial charge in [0.1, 0.15) is 18.1 Å². The van der Waals surface area contributed by atoms with Crippen LogP contribution in [0.15, 0.2) is 53.4 Å². The predicted octanol–water partition coefficient (Wildman–Crippen LogP) is 3.72. The summed E-state index contributed by atoms with van der Waals surface area (Å²) in [5, 5.41) is 3.05. The van der Waals surface area contributed by atoms with Gasteiger partial charge in [-0.3, -0.25) is 9.10 Å². The van der Waals surface area contributed by atoms with Crippen LogP contribution in [-0.4, -0.2) is 33.5 Å². The molecule has 0 aliphatic heterocycles. The first-order chi connectivity index (χ1) is 14.9. The molecule has 1 N–H and O–H groups in total. The Morgan fingerprint density at radius 2 is 1.81 bits per heavy atom. The lowest BCUT2D eigenvalue weighted by atomic mass is 9.95. The van der Waals surface area contributed by atoms with Gasteiger partial charge in [-0.05, 0) is 86.6 Å². The largest absolute Gasteiger partial charge is 0.494 e. The van der Waals surface area contributed by atoms with E-state index in [-0.39, 0.29) is 23.4 Å². The van der Waals surface area contributed by atoms with E-state index < -0.39 is 15.8 Å². The Labute approximate surface area is 182 Å². The van der Waals surface area contributed by atoms with E-state index in [0.29, 0.717) is 29.9 Å². The van der Waals surface area contributed by atoms with E-state index in [0.717, 1.165) is 35.7 Å². The van der Waals surface area contributed by atoms with E-state index in [1.165, 1.54) is 18.6 Å². The fourth-order valence-electron chi connectivity index (χ4n) is 4.73. The van der Waals surface area contributed by atoms with Crippen molar-refractivity contribution in [3.05, 3.63) is 54.3 Å². The molecule has 2 aliphatic carbocycles. The number of anilines is 1. The minimum Gasteiger partial charge on any atom is -0.494 e. The number of fused-ring (bicyclic) bond motifs is 2. The van der Waals surface area contributed by atoms with Gasteiger partial charge in [0, 0.05) is 6.04 Å². The summed E-state index contributed by atoms with van der Waals surface area (Å²) in [5.41, 5.74) is 0.343. The van der Waals surface area contributed by atoms with Gasteiger partial charge in [0.15, 0.2) is 0 Å². The third-order valence-corrected chi connectivity index (χ3v) is 8.00. The number of benzene rings is 2. The van der Waals surface area contributed by atoms with E-state index in [2.05, 4.69) is 5.32 Å². The summed E-state index contributed by atoms with van der Waals surface area (Å²) in [6.45, 7) is 2.00. The number of carbonyl (C=O) groups excluding carboxylic acids is 1. The second-order valence-corrected chi connectivity index (χ2v) is 10.1. The summed E-state index contributed by atoms with van der Waals surface area (Å²) in [6, 6.07) is 11.3. The van der Waals surface area contributed by atoms with Crippen molar-refractivity contribution in [1.82, 2.24) is 5.32 Å². The number of nitrogens with zero attached hydrogens (tertiary/aromatic N) is 1. The Kier molecular flexibility index (Phi) is 6.18. The van der Waals surface area contributed by atoms with E-state index in [1.807, 2.05) is 6.92 Å². The highest BCUT2D eigenvalue weighted by Crippen LogP contribution is 2.44. The van der Waals surface area contributed by atoms with Crippen LogP contribution in [0.2, 0.25) is 0 Å². The quantitative estimate of drug-likeness (QED) is 0.671. The highest BCUT2D eigenvalue weighted by atomic mass is 32.2. The minimum atomic E-state index is -4.07. The van der Waals surface area contributed by atoms with Gasteiger partial charge in [-0.2, -0.15) is 0 Å². The fraction of sp³-hybridized carbons (Fsp3) is 0.435. The lowest BCUT2D eigenvalue weighted by Gasteiger charge is -2.27. The van der Waals surface area contributed by atoms with Crippen LogP contribution in [-0.2, 0) is 14.8 Å². The number of hydrogen-bond donors (Lipinski definition) is 1. The van der Waals surface area contributed by atoms with Crippen molar-refractivity contribution in [3.8, 4) is 5.75 Å². The molecule has 166 valence electrons. The Bertz CT molecular complexity index is 1020. The van der Waals surface area contributed by atoms with Crippen LogP contribution in [0.3, 0.4) is 0 Å². The van der Waals surface area contributed by atoms with Crippen LogP contribution in [0.1, 0.15) is 32.6 Å². The number of sulfonamides is 1. The first-order valence-corrected chi connectivity index (χ1v) is 12.1. The molecule has 3 atom stereocenters. The fourth-order valence-corrected chi connectivity index (χ4v) is 6.15. The summed E-state index contributed by atoms with van der Waals surface area (Å²) in [5.74, 6) is 0.900. The molecule has 0 radical (unpaired) electrons. The monoisotopic (exact) mass is 446 g/mol. The van der Waals surface area contributed by atoms with Crippen molar-refractivity contribution in [2.45, 2.75) is 43.5 Å². The van der Waals surface area contributed by atoms with Gasteiger partial charge >= 0.3 is 0 Å². The first kappa shape index (κ1) is 21.6. The van der Waals surface area contributed by atoms with Gasteiger partial charge in [-0.25, -0.2) is 12.8 Å². The molecule has 0 aromatic heterocycles. The number of ether oxygens (including phenoxy) is 1. The van der Waals surface area contributed by atoms with Crippen LogP contribution in [0.25, 0.3) is 0 Å². The molecule has 0 spiro atoms. The van der Waals surface area contributed by atoms with E-state index in [1.54, 1.807) is 24.3 Å². The Morgan fingerprint density at radius 1 is 1.10 bits per heavy atom. The maximum Gasteiger partial charge on any atom is 0.264 e. The molecule has 4 rings (SSSR count). The molecule has 2 aromatic rings. The molecule has 2 saturated carbocycles. The lowest BCUT2D eigenvalue weighted by Crippen LogP contribution is -2.46. The normalized spacial score (nSPS) is 22.3. The zero-order chi connectivity index (χ0) is 22.0. The molecule has 0 unspecified atom stereocenters. The van der Waals surface area contributed by atoms with Crippen molar-refractivity contribution in [2.75, 3.05) is 17.5 Å². The summed E-state index contributed by atoms with van der Waals surface area (Å²) in [4.78, 5) is 12.8. The number of amides is 1. The highest BCUT2D eigenvalue weighted by molar-refractivity contribution is 7.92. The van der Waals surface area contributed by atoms with Crippen molar-refractivity contribution in [2.24, 2.45) is 11.8 Å². The predicted molar refractivity (Wildman–Crippen MR) is 116 cm³/mol. The minimum absolute atomic E-state index is 0.0736. The molecular formula is C23H27FN2O4S. The number of nitrogens with one attached hydrogen (secondary N) is 1. The smallest absolute Gasteiger partial charge is 0.264 e. The Balaban J connectivity index is 1.58. The summed E-state index contributed by atoms with van der Waals surface area (Å²) in [6.07, 6.45) is 4.44. The SMILES string of the molecule is CCOc1ccc(N(CC(=O)N[C@@H]2C[C@H]3CC[C@H]2C3)S(=O)(=O)c2ccc(F)cc2)cc1. The zero-order valence-corrected chi connectivity index (χ0v) is 18.3. The second-order valence-electron chi connectivity index (χ2n) is 8.24. The highest BCUT2D eigenvalue weighted by Gasteiger charge is 2.40. The summed E-state index contributed by atoms with van der Waals surface area (Å²) < 4.78 is 46.5. The molecule has 2 aliphatic rings. The molecule has 1 amide bonds. The standard InChI is InChI=1S/C23H27FN2O4S/c1-2-30-20-9-7-19(8-10-20)26(31(28,29)21-11-5-18(24)6-12-21)15-23(27)25-22-14-16-3-4-17(22)13-16/h5-12,16-17,22H,2-4,13-15H2,1H3,(H,25,27)/t16-,17-,22+/m0/s1. The first-order valence-electron chi connectivity index (χ1n) is 10.7. The van der Waals surface area contributed by atoms with Crippen molar-refractivity contribution in [1.29, 1.82) is 0 Å². The van der Waals surface area contributed by atoms with E-state index in [9.17, 15) is 17.6 Å². The van der Waals surface area contributed by atoms with Crippen LogP contribution >= 0.6 is 0 Å². The lowest BCUT2D eigenvalue weighted by molar-refractivity contribution is -0.120.